The van der Waals surface area contributed by atoms with E-state index in [2.05, 4.69) is 4.99 Å². The molecule has 1 aromatic carbocycles. The molecule has 1 heterocycles. The normalized spacial score (nSPS) is 16.3. The maximum absolute atomic E-state index is 12.7. The molecule has 2 rings (SSSR count). The molecule has 0 aromatic heterocycles. The molecule has 0 spiro atoms. The monoisotopic (exact) mass is 240 g/mol. The lowest BCUT2D eigenvalue weighted by Crippen LogP contribution is -2.16. The highest BCUT2D eigenvalue weighted by atomic mass is 19.4. The van der Waals surface area contributed by atoms with Gasteiger partial charge in [0.15, 0.2) is 0 Å². The van der Waals surface area contributed by atoms with Crippen molar-refractivity contribution in [2.45, 2.75) is 19.0 Å². The van der Waals surface area contributed by atoms with Gasteiger partial charge >= 0.3 is 6.18 Å². The molecule has 0 saturated carbocycles. The number of allylic oxidation sites excluding steroid dienone is 1. The van der Waals surface area contributed by atoms with Crippen LogP contribution in [0.1, 0.15) is 12.0 Å². The summed E-state index contributed by atoms with van der Waals surface area (Å²) in [5, 5.41) is 0. The fourth-order valence-electron chi connectivity index (χ4n) is 1.76. The summed E-state index contributed by atoms with van der Waals surface area (Å²) < 4.78 is 38.1. The van der Waals surface area contributed by atoms with Crippen LogP contribution >= 0.6 is 0 Å². The number of halogens is 3. The Morgan fingerprint density at radius 1 is 1.18 bits per heavy atom. The first kappa shape index (κ1) is 11.7. The van der Waals surface area contributed by atoms with Crippen molar-refractivity contribution < 1.29 is 13.2 Å². The van der Waals surface area contributed by atoms with E-state index in [9.17, 15) is 13.2 Å². The Kier molecular flexibility index (Phi) is 2.92. The van der Waals surface area contributed by atoms with E-state index in [4.69, 9.17) is 5.73 Å². The number of benzene rings is 1. The average Bonchev–Trinajstić information content (AvgIpc) is 2.60. The van der Waals surface area contributed by atoms with Crippen LogP contribution in [0, 0.1) is 0 Å². The van der Waals surface area contributed by atoms with E-state index in [1.54, 1.807) is 24.3 Å². The van der Waals surface area contributed by atoms with E-state index in [0.717, 1.165) is 5.56 Å². The number of aliphatic imine (C=N–C) groups is 1. The van der Waals surface area contributed by atoms with Gasteiger partial charge in [0.2, 0.25) is 0 Å². The number of nitrogens with two attached hydrogens (primary N) is 1. The number of hydrogen-bond donors (Lipinski definition) is 1. The zero-order valence-corrected chi connectivity index (χ0v) is 8.96. The Labute approximate surface area is 96.7 Å². The van der Waals surface area contributed by atoms with Gasteiger partial charge in [-0.3, -0.25) is 0 Å². The maximum Gasteiger partial charge on any atom is 0.414 e. The van der Waals surface area contributed by atoms with Crippen molar-refractivity contribution in [1.29, 1.82) is 0 Å². The SMILES string of the molecule is NC1=NC(Cc2ccccc2)=C(C(F)(F)F)C1. The lowest BCUT2D eigenvalue weighted by Gasteiger charge is -2.09. The molecule has 1 aliphatic rings. The standard InChI is InChI=1S/C12H11F3N2/c13-12(14,15)9-7-11(16)17-10(9)6-8-4-2-1-3-5-8/h1-5H,6-7H2,(H2,16,17). The zero-order chi connectivity index (χ0) is 12.5. The van der Waals surface area contributed by atoms with Gasteiger partial charge in [-0.1, -0.05) is 30.3 Å². The van der Waals surface area contributed by atoms with Crippen LogP contribution < -0.4 is 5.73 Å². The first-order valence-corrected chi connectivity index (χ1v) is 5.13. The molecule has 1 aromatic rings. The van der Waals surface area contributed by atoms with Gasteiger partial charge in [-0.15, -0.1) is 0 Å². The van der Waals surface area contributed by atoms with Gasteiger partial charge in [-0.25, -0.2) is 4.99 Å². The highest BCUT2D eigenvalue weighted by Crippen LogP contribution is 2.35. The topological polar surface area (TPSA) is 38.4 Å². The highest BCUT2D eigenvalue weighted by molar-refractivity contribution is 5.86. The van der Waals surface area contributed by atoms with E-state index in [1.807, 2.05) is 6.07 Å². The first-order valence-electron chi connectivity index (χ1n) is 5.13. The molecule has 0 atom stereocenters. The lowest BCUT2D eigenvalue weighted by molar-refractivity contribution is -0.0930. The van der Waals surface area contributed by atoms with Crippen molar-refractivity contribution in [3.8, 4) is 0 Å². The third kappa shape index (κ3) is 2.67. The molecule has 0 saturated heterocycles. The molecule has 2 N–H and O–H groups in total. The molecule has 5 heteroatoms. The van der Waals surface area contributed by atoms with Gasteiger partial charge in [-0.2, -0.15) is 13.2 Å². The summed E-state index contributed by atoms with van der Waals surface area (Å²) in [4.78, 5) is 3.79. The summed E-state index contributed by atoms with van der Waals surface area (Å²) in [6.07, 6.45) is -4.49. The van der Waals surface area contributed by atoms with E-state index in [-0.39, 0.29) is 24.4 Å². The van der Waals surface area contributed by atoms with Gasteiger partial charge in [0.1, 0.15) is 5.84 Å². The van der Waals surface area contributed by atoms with Crippen LogP contribution in [0.2, 0.25) is 0 Å². The van der Waals surface area contributed by atoms with E-state index in [0.29, 0.717) is 0 Å². The predicted octanol–water partition coefficient (Wildman–Crippen LogP) is 2.81. The number of alkyl halides is 3. The van der Waals surface area contributed by atoms with Crippen molar-refractivity contribution in [2.24, 2.45) is 10.7 Å². The molecule has 0 bridgehead atoms. The Morgan fingerprint density at radius 2 is 1.82 bits per heavy atom. The van der Waals surface area contributed by atoms with Crippen LogP contribution in [0.15, 0.2) is 46.6 Å². The van der Waals surface area contributed by atoms with Crippen molar-refractivity contribution in [3.63, 3.8) is 0 Å². The van der Waals surface area contributed by atoms with Crippen LogP contribution in [-0.4, -0.2) is 12.0 Å². The van der Waals surface area contributed by atoms with Crippen LogP contribution in [-0.2, 0) is 6.42 Å². The van der Waals surface area contributed by atoms with Crippen LogP contribution in [0.5, 0.6) is 0 Å². The molecule has 2 nitrogen and oxygen atoms in total. The molecular weight excluding hydrogens is 229 g/mol. The van der Waals surface area contributed by atoms with Gasteiger partial charge < -0.3 is 5.73 Å². The second-order valence-electron chi connectivity index (χ2n) is 3.87. The third-order valence-corrected chi connectivity index (χ3v) is 2.54. The number of amidine groups is 1. The summed E-state index contributed by atoms with van der Waals surface area (Å²) in [7, 11) is 0. The Hall–Kier alpha value is -1.78. The Balaban J connectivity index is 2.28. The van der Waals surface area contributed by atoms with Gasteiger partial charge in [-0.05, 0) is 5.56 Å². The molecule has 0 aliphatic carbocycles. The minimum atomic E-state index is -4.35. The molecule has 1 aliphatic heterocycles. The summed E-state index contributed by atoms with van der Waals surface area (Å²) in [5.41, 5.74) is 5.57. The summed E-state index contributed by atoms with van der Waals surface area (Å²) in [5.74, 6) is 0.0308. The fourth-order valence-corrected chi connectivity index (χ4v) is 1.76. The Morgan fingerprint density at radius 3 is 2.41 bits per heavy atom. The zero-order valence-electron chi connectivity index (χ0n) is 8.96. The quantitative estimate of drug-likeness (QED) is 0.848. The lowest BCUT2D eigenvalue weighted by atomic mass is 10.1. The molecule has 17 heavy (non-hydrogen) atoms. The number of hydrogen-bond acceptors (Lipinski definition) is 2. The minimum Gasteiger partial charge on any atom is -0.387 e. The summed E-state index contributed by atoms with van der Waals surface area (Å²) >= 11 is 0. The van der Waals surface area contributed by atoms with E-state index >= 15 is 0 Å². The summed E-state index contributed by atoms with van der Waals surface area (Å²) in [6, 6.07) is 8.92. The van der Waals surface area contributed by atoms with Crippen LogP contribution in [0.4, 0.5) is 13.2 Å². The number of nitrogens with zero attached hydrogens (tertiary/aromatic N) is 1. The average molecular weight is 240 g/mol. The molecule has 0 radical (unpaired) electrons. The maximum atomic E-state index is 12.7. The molecule has 0 unspecified atom stereocenters. The van der Waals surface area contributed by atoms with Gasteiger partial charge in [0.25, 0.3) is 0 Å². The molecule has 0 amide bonds. The van der Waals surface area contributed by atoms with Gasteiger partial charge in [0, 0.05) is 12.8 Å². The largest absolute Gasteiger partial charge is 0.414 e. The van der Waals surface area contributed by atoms with Crippen molar-refractivity contribution in [3.05, 3.63) is 47.2 Å². The second-order valence-corrected chi connectivity index (χ2v) is 3.87. The number of rotatable bonds is 2. The first-order chi connectivity index (χ1) is 7.97. The fraction of sp³-hybridized carbons (Fsp3) is 0.250. The summed E-state index contributed by atoms with van der Waals surface area (Å²) in [6.45, 7) is 0. The smallest absolute Gasteiger partial charge is 0.387 e. The van der Waals surface area contributed by atoms with Crippen LogP contribution in [0.3, 0.4) is 0 Å². The van der Waals surface area contributed by atoms with E-state index in [1.165, 1.54) is 0 Å². The highest BCUT2D eigenvalue weighted by Gasteiger charge is 2.39. The molecule has 0 fully saturated rings. The van der Waals surface area contributed by atoms with E-state index < -0.39 is 11.7 Å². The van der Waals surface area contributed by atoms with Crippen LogP contribution in [0.25, 0.3) is 0 Å². The van der Waals surface area contributed by atoms with Crippen molar-refractivity contribution >= 4 is 5.84 Å². The predicted molar refractivity (Wildman–Crippen MR) is 59.5 cm³/mol. The Bertz CT molecular complexity index is 472. The third-order valence-electron chi connectivity index (χ3n) is 2.54. The van der Waals surface area contributed by atoms with Crippen molar-refractivity contribution in [1.82, 2.24) is 0 Å². The van der Waals surface area contributed by atoms with Gasteiger partial charge in [0.05, 0.1) is 11.3 Å². The minimum absolute atomic E-state index is 0.0289. The second kappa shape index (κ2) is 4.24. The van der Waals surface area contributed by atoms with Crippen molar-refractivity contribution in [2.75, 3.05) is 0 Å². The molecule has 90 valence electrons. The molecular formula is C12H11F3N2.